The minimum absolute atomic E-state index is 0.138. The highest BCUT2D eigenvalue weighted by Gasteiger charge is 2.38. The number of hydrogen-bond donors (Lipinski definition) is 2. The van der Waals surface area contributed by atoms with Gasteiger partial charge in [0, 0.05) is 7.05 Å². The summed E-state index contributed by atoms with van der Waals surface area (Å²) in [4.78, 5) is 11.0. The zero-order chi connectivity index (χ0) is 28.2. The lowest BCUT2D eigenvalue weighted by Crippen LogP contribution is -2.12. The molecule has 202 valence electrons. The van der Waals surface area contributed by atoms with E-state index in [1.54, 1.807) is 0 Å². The Morgan fingerprint density at radius 1 is 0.632 bits per heavy atom. The molecule has 2 aromatic carbocycles. The summed E-state index contributed by atoms with van der Waals surface area (Å²) in [5.41, 5.74) is -5.07. The number of aryl methyl sites for hydroxylation is 1. The average Bonchev–Trinajstić information content (AvgIpc) is 3.11. The molecule has 0 aliphatic carbocycles. The number of halogens is 11. The summed E-state index contributed by atoms with van der Waals surface area (Å²) in [5, 5.41) is 4.50. The van der Waals surface area contributed by atoms with Gasteiger partial charge in [-0.1, -0.05) is 0 Å². The molecule has 0 fully saturated rings. The molecule has 0 atom stereocenters. The summed E-state index contributed by atoms with van der Waals surface area (Å²) in [6, 6.07) is 2.61. The highest BCUT2D eigenvalue weighted by atomic mass is 19.4. The standard InChI is InChI=1S/C21H11F11N6/c1-38-17-16(37-18(38)21(30,31)32)35-14(33-12-4-2-8(6-10(12)22)19(24,25)26)15(36-17)34-13-5-3-9(7-11(13)23)20(27,28)29/h2-7H,1H3,(H,33,35)(H,34,36). The Hall–Kier alpha value is -4.18. The Kier molecular flexibility index (Phi) is 6.35. The number of alkyl halides is 9. The van der Waals surface area contributed by atoms with Gasteiger partial charge in [0.1, 0.15) is 11.6 Å². The number of imidazole rings is 1. The molecule has 0 amide bonds. The van der Waals surface area contributed by atoms with Gasteiger partial charge in [0.25, 0.3) is 0 Å². The second-order valence-electron chi connectivity index (χ2n) is 7.69. The van der Waals surface area contributed by atoms with E-state index in [2.05, 4.69) is 25.6 Å². The van der Waals surface area contributed by atoms with Gasteiger partial charge in [0.05, 0.1) is 22.5 Å². The molecule has 2 heterocycles. The van der Waals surface area contributed by atoms with Crippen LogP contribution in [0.2, 0.25) is 0 Å². The molecule has 6 nitrogen and oxygen atoms in total. The van der Waals surface area contributed by atoms with Crippen LogP contribution >= 0.6 is 0 Å². The first-order chi connectivity index (χ1) is 17.4. The minimum Gasteiger partial charge on any atom is -0.335 e. The molecule has 0 saturated carbocycles. The number of rotatable bonds is 4. The van der Waals surface area contributed by atoms with E-state index < -0.39 is 81.4 Å². The van der Waals surface area contributed by atoms with E-state index in [-0.39, 0.29) is 12.1 Å². The lowest BCUT2D eigenvalue weighted by molar-refractivity contribution is -0.146. The zero-order valence-electron chi connectivity index (χ0n) is 18.4. The fourth-order valence-electron chi connectivity index (χ4n) is 3.26. The molecule has 2 N–H and O–H groups in total. The van der Waals surface area contributed by atoms with Crippen LogP contribution in [0.4, 0.5) is 71.3 Å². The molecular formula is C21H11F11N6. The second kappa shape index (κ2) is 8.98. The largest absolute Gasteiger partial charge is 0.449 e. The first-order valence-electron chi connectivity index (χ1n) is 10.0. The van der Waals surface area contributed by atoms with E-state index in [0.29, 0.717) is 28.8 Å². The number of aromatic nitrogens is 4. The monoisotopic (exact) mass is 556 g/mol. The smallest absolute Gasteiger partial charge is 0.335 e. The Morgan fingerprint density at radius 3 is 1.47 bits per heavy atom. The summed E-state index contributed by atoms with van der Waals surface area (Å²) in [6.07, 6.45) is -14.7. The molecule has 4 aromatic rings. The quantitative estimate of drug-likeness (QED) is 0.261. The lowest BCUT2D eigenvalue weighted by atomic mass is 10.2. The molecule has 0 saturated heterocycles. The van der Waals surface area contributed by atoms with Crippen LogP contribution < -0.4 is 10.6 Å². The topological polar surface area (TPSA) is 67.7 Å². The number of nitrogens with one attached hydrogen (secondary N) is 2. The number of anilines is 4. The highest BCUT2D eigenvalue weighted by Crippen LogP contribution is 2.36. The fourth-order valence-corrected chi connectivity index (χ4v) is 3.26. The summed E-state index contributed by atoms with van der Waals surface area (Å²) in [7, 11) is 0.929. The van der Waals surface area contributed by atoms with E-state index in [1.165, 1.54) is 0 Å². The van der Waals surface area contributed by atoms with Crippen LogP contribution in [0, 0.1) is 11.6 Å². The molecule has 0 spiro atoms. The van der Waals surface area contributed by atoms with E-state index in [1.807, 2.05) is 0 Å². The van der Waals surface area contributed by atoms with Crippen LogP contribution in [-0.2, 0) is 25.6 Å². The third kappa shape index (κ3) is 5.26. The van der Waals surface area contributed by atoms with Gasteiger partial charge >= 0.3 is 18.5 Å². The van der Waals surface area contributed by atoms with Crippen LogP contribution in [0.5, 0.6) is 0 Å². The maximum atomic E-state index is 14.4. The highest BCUT2D eigenvalue weighted by molar-refractivity contribution is 5.80. The summed E-state index contributed by atoms with van der Waals surface area (Å²) in [6.45, 7) is 0. The van der Waals surface area contributed by atoms with E-state index >= 15 is 0 Å². The maximum Gasteiger partial charge on any atom is 0.449 e. The third-order valence-electron chi connectivity index (χ3n) is 5.06. The summed E-state index contributed by atoms with van der Waals surface area (Å²) in [5.74, 6) is -5.55. The predicted octanol–water partition coefficient (Wildman–Crippen LogP) is 7.19. The van der Waals surface area contributed by atoms with Crippen molar-refractivity contribution in [2.75, 3.05) is 10.6 Å². The molecular weight excluding hydrogens is 545 g/mol. The van der Waals surface area contributed by atoms with E-state index in [0.717, 1.165) is 7.05 Å². The molecule has 0 radical (unpaired) electrons. The number of fused-ring (bicyclic) bond motifs is 1. The Bertz CT molecular complexity index is 1520. The summed E-state index contributed by atoms with van der Waals surface area (Å²) >= 11 is 0. The van der Waals surface area contributed by atoms with Gasteiger partial charge in [-0.15, -0.1) is 0 Å². The normalized spacial score (nSPS) is 12.7. The first-order valence-corrected chi connectivity index (χ1v) is 10.0. The van der Waals surface area contributed by atoms with Crippen molar-refractivity contribution >= 4 is 34.3 Å². The Labute approximate surface area is 204 Å². The van der Waals surface area contributed by atoms with Crippen LogP contribution in [0.25, 0.3) is 11.3 Å². The number of hydrogen-bond acceptors (Lipinski definition) is 5. The van der Waals surface area contributed by atoms with Gasteiger partial charge in [-0.25, -0.2) is 23.7 Å². The van der Waals surface area contributed by atoms with Crippen LogP contribution in [0.3, 0.4) is 0 Å². The van der Waals surface area contributed by atoms with Crippen LogP contribution in [0.15, 0.2) is 36.4 Å². The van der Waals surface area contributed by atoms with Crippen molar-refractivity contribution in [2.24, 2.45) is 7.05 Å². The first kappa shape index (κ1) is 26.9. The minimum atomic E-state index is -4.96. The van der Waals surface area contributed by atoms with Gasteiger partial charge in [-0.3, -0.25) is 0 Å². The molecule has 0 aliphatic heterocycles. The van der Waals surface area contributed by atoms with Crippen molar-refractivity contribution in [2.45, 2.75) is 18.5 Å². The SMILES string of the molecule is Cn1c(C(F)(F)F)nc2nc(Nc3ccc(C(F)(F)F)cc3F)c(Nc3ccc(C(F)(F)F)cc3F)nc21. The average molecular weight is 556 g/mol. The van der Waals surface area contributed by atoms with Gasteiger partial charge in [0.2, 0.25) is 5.82 Å². The van der Waals surface area contributed by atoms with E-state index in [4.69, 9.17) is 0 Å². The van der Waals surface area contributed by atoms with Crippen molar-refractivity contribution < 1.29 is 48.3 Å². The molecule has 2 aromatic heterocycles. The van der Waals surface area contributed by atoms with Gasteiger partial charge in [0.15, 0.2) is 22.9 Å². The maximum absolute atomic E-state index is 14.4. The molecule has 0 aliphatic rings. The number of nitrogens with zero attached hydrogens (tertiary/aromatic N) is 4. The second-order valence-corrected chi connectivity index (χ2v) is 7.69. The van der Waals surface area contributed by atoms with Crippen molar-refractivity contribution in [1.82, 2.24) is 19.5 Å². The predicted molar refractivity (Wildman–Crippen MR) is 111 cm³/mol. The van der Waals surface area contributed by atoms with Gasteiger partial charge in [-0.05, 0) is 36.4 Å². The molecule has 38 heavy (non-hydrogen) atoms. The molecule has 0 unspecified atom stereocenters. The van der Waals surface area contributed by atoms with Gasteiger partial charge < -0.3 is 15.2 Å². The number of benzene rings is 2. The molecule has 17 heteroatoms. The Morgan fingerprint density at radius 2 is 1.08 bits per heavy atom. The van der Waals surface area contributed by atoms with Crippen molar-refractivity contribution in [3.8, 4) is 0 Å². The van der Waals surface area contributed by atoms with Crippen molar-refractivity contribution in [1.29, 1.82) is 0 Å². The van der Waals surface area contributed by atoms with Gasteiger partial charge in [-0.2, -0.15) is 39.5 Å². The van der Waals surface area contributed by atoms with Crippen LogP contribution in [0.1, 0.15) is 17.0 Å². The van der Waals surface area contributed by atoms with Crippen molar-refractivity contribution in [3.05, 3.63) is 65.0 Å². The van der Waals surface area contributed by atoms with E-state index in [9.17, 15) is 48.3 Å². The third-order valence-corrected chi connectivity index (χ3v) is 5.06. The summed E-state index contributed by atoms with van der Waals surface area (Å²) < 4.78 is 146. The lowest BCUT2D eigenvalue weighted by Gasteiger charge is -2.15. The fraction of sp³-hybridized carbons (Fsp3) is 0.190. The Balaban J connectivity index is 1.83. The van der Waals surface area contributed by atoms with Crippen molar-refractivity contribution in [3.63, 3.8) is 0 Å². The molecule has 4 rings (SSSR count). The zero-order valence-corrected chi connectivity index (χ0v) is 18.4. The van der Waals surface area contributed by atoms with Crippen LogP contribution in [-0.4, -0.2) is 19.5 Å². The molecule has 0 bridgehead atoms.